The maximum absolute atomic E-state index is 6.03. The molecule has 3 heteroatoms. The van der Waals surface area contributed by atoms with E-state index in [1.807, 2.05) is 0 Å². The van der Waals surface area contributed by atoms with Gasteiger partial charge in [0.25, 0.3) is 0 Å². The highest BCUT2D eigenvalue weighted by Crippen LogP contribution is 2.20. The maximum Gasteiger partial charge on any atom is 0.0597 e. The quantitative estimate of drug-likeness (QED) is 0.817. The minimum atomic E-state index is 0.408. The van der Waals surface area contributed by atoms with Crippen molar-refractivity contribution < 1.29 is 4.74 Å². The second-order valence-electron chi connectivity index (χ2n) is 5.86. The highest BCUT2D eigenvalue weighted by molar-refractivity contribution is 4.80. The van der Waals surface area contributed by atoms with Crippen LogP contribution in [0.1, 0.15) is 45.4 Å². The van der Waals surface area contributed by atoms with E-state index < -0.39 is 0 Å². The summed E-state index contributed by atoms with van der Waals surface area (Å²) in [5.74, 6) is 0.637. The van der Waals surface area contributed by atoms with Crippen molar-refractivity contribution in [2.24, 2.45) is 11.7 Å². The zero-order valence-corrected chi connectivity index (χ0v) is 11.2. The van der Waals surface area contributed by atoms with E-state index in [-0.39, 0.29) is 0 Å². The van der Waals surface area contributed by atoms with E-state index >= 15 is 0 Å². The number of nitrogens with zero attached hydrogens (tertiary/aromatic N) is 1. The van der Waals surface area contributed by atoms with Crippen LogP contribution in [0.2, 0.25) is 0 Å². The molecule has 2 aliphatic rings. The molecular formula is C14H28N2O. The lowest BCUT2D eigenvalue weighted by Gasteiger charge is -2.35. The molecular weight excluding hydrogens is 212 g/mol. The van der Waals surface area contributed by atoms with Crippen LogP contribution in [0, 0.1) is 5.92 Å². The first-order valence-electron chi connectivity index (χ1n) is 7.35. The third-order valence-electron chi connectivity index (χ3n) is 4.37. The van der Waals surface area contributed by atoms with E-state index in [4.69, 9.17) is 10.5 Å². The van der Waals surface area contributed by atoms with Gasteiger partial charge in [-0.2, -0.15) is 0 Å². The molecule has 2 rings (SSSR count). The molecule has 17 heavy (non-hydrogen) atoms. The second-order valence-corrected chi connectivity index (χ2v) is 5.86. The minimum Gasteiger partial charge on any atom is -0.377 e. The fraction of sp³-hybridized carbons (Fsp3) is 1.00. The molecule has 0 aromatic carbocycles. The molecule has 100 valence electrons. The smallest absolute Gasteiger partial charge is 0.0597 e. The van der Waals surface area contributed by atoms with Crippen LogP contribution in [-0.2, 0) is 4.74 Å². The standard InChI is InChI=1S/C14H28N2O/c1-12-11-16(8-7-14(12)15)9-10-17-13-5-3-2-4-6-13/h12-14H,2-11,15H2,1H3. The summed E-state index contributed by atoms with van der Waals surface area (Å²) < 4.78 is 5.97. The van der Waals surface area contributed by atoms with E-state index in [0.717, 1.165) is 32.7 Å². The van der Waals surface area contributed by atoms with Gasteiger partial charge in [-0.1, -0.05) is 26.2 Å². The zero-order valence-electron chi connectivity index (χ0n) is 11.2. The van der Waals surface area contributed by atoms with Crippen LogP contribution in [0.3, 0.4) is 0 Å². The highest BCUT2D eigenvalue weighted by Gasteiger charge is 2.23. The second kappa shape index (κ2) is 6.72. The Balaban J connectivity index is 1.58. The van der Waals surface area contributed by atoms with E-state index in [0.29, 0.717) is 18.1 Å². The molecule has 1 aliphatic carbocycles. The Labute approximate surface area is 106 Å². The predicted molar refractivity (Wildman–Crippen MR) is 71.0 cm³/mol. The number of ether oxygens (including phenoxy) is 1. The van der Waals surface area contributed by atoms with Crippen LogP contribution < -0.4 is 5.73 Å². The summed E-state index contributed by atoms with van der Waals surface area (Å²) >= 11 is 0. The molecule has 1 saturated carbocycles. The molecule has 0 aromatic rings. The lowest BCUT2D eigenvalue weighted by Crippen LogP contribution is -2.46. The lowest BCUT2D eigenvalue weighted by molar-refractivity contribution is 0.0102. The number of hydrogen-bond donors (Lipinski definition) is 1. The predicted octanol–water partition coefficient (Wildman–Crippen LogP) is 2.00. The Kier molecular flexibility index (Phi) is 5.26. The van der Waals surface area contributed by atoms with Gasteiger partial charge in [-0.25, -0.2) is 0 Å². The van der Waals surface area contributed by atoms with Gasteiger partial charge >= 0.3 is 0 Å². The number of nitrogens with two attached hydrogens (primary N) is 1. The summed E-state index contributed by atoms with van der Waals surface area (Å²) in [6.07, 6.45) is 8.38. The molecule has 1 saturated heterocycles. The van der Waals surface area contributed by atoms with Crippen molar-refractivity contribution in [1.29, 1.82) is 0 Å². The molecule has 3 nitrogen and oxygen atoms in total. The molecule has 0 aromatic heterocycles. The van der Waals surface area contributed by atoms with Crippen LogP contribution in [0.15, 0.2) is 0 Å². The monoisotopic (exact) mass is 240 g/mol. The first-order chi connectivity index (χ1) is 8.25. The Morgan fingerprint density at radius 2 is 1.94 bits per heavy atom. The van der Waals surface area contributed by atoms with Gasteiger partial charge in [-0.3, -0.25) is 0 Å². The molecule has 0 radical (unpaired) electrons. The van der Waals surface area contributed by atoms with Gasteiger partial charge in [-0.05, 0) is 31.7 Å². The summed E-state index contributed by atoms with van der Waals surface area (Å²) in [6.45, 7) is 6.56. The molecule has 2 fully saturated rings. The number of likely N-dealkylation sites (tertiary alicyclic amines) is 1. The van der Waals surface area contributed by atoms with Crippen molar-refractivity contribution in [3.8, 4) is 0 Å². The Bertz CT molecular complexity index is 216. The average Bonchev–Trinajstić information content (AvgIpc) is 2.35. The minimum absolute atomic E-state index is 0.408. The fourth-order valence-electron chi connectivity index (χ4n) is 3.03. The van der Waals surface area contributed by atoms with Gasteiger partial charge < -0.3 is 15.4 Å². The third kappa shape index (κ3) is 4.23. The van der Waals surface area contributed by atoms with E-state index in [1.54, 1.807) is 0 Å². The molecule has 0 bridgehead atoms. The highest BCUT2D eigenvalue weighted by atomic mass is 16.5. The number of rotatable bonds is 4. The Morgan fingerprint density at radius 3 is 2.65 bits per heavy atom. The Hall–Kier alpha value is -0.120. The lowest BCUT2D eigenvalue weighted by atomic mass is 9.95. The molecule has 1 heterocycles. The molecule has 2 atom stereocenters. The summed E-state index contributed by atoms with van der Waals surface area (Å²) in [5.41, 5.74) is 6.03. The van der Waals surface area contributed by atoms with Gasteiger partial charge in [0.05, 0.1) is 12.7 Å². The van der Waals surface area contributed by atoms with Gasteiger partial charge in [0, 0.05) is 19.1 Å². The van der Waals surface area contributed by atoms with Crippen LogP contribution in [0.5, 0.6) is 0 Å². The Morgan fingerprint density at radius 1 is 1.18 bits per heavy atom. The van der Waals surface area contributed by atoms with E-state index in [2.05, 4.69) is 11.8 Å². The first-order valence-corrected chi connectivity index (χ1v) is 7.35. The summed E-state index contributed by atoms with van der Waals surface area (Å²) in [5, 5.41) is 0. The average molecular weight is 240 g/mol. The van der Waals surface area contributed by atoms with Crippen LogP contribution >= 0.6 is 0 Å². The maximum atomic E-state index is 6.03. The van der Waals surface area contributed by atoms with Crippen LogP contribution in [0.4, 0.5) is 0 Å². The first kappa shape index (κ1) is 13.3. The van der Waals surface area contributed by atoms with Crippen molar-refractivity contribution in [3.63, 3.8) is 0 Å². The van der Waals surface area contributed by atoms with Crippen molar-refractivity contribution in [3.05, 3.63) is 0 Å². The third-order valence-corrected chi connectivity index (χ3v) is 4.37. The van der Waals surface area contributed by atoms with Gasteiger partial charge in [-0.15, -0.1) is 0 Å². The van der Waals surface area contributed by atoms with E-state index in [9.17, 15) is 0 Å². The normalized spacial score (nSPS) is 32.8. The SMILES string of the molecule is CC1CN(CCOC2CCCCC2)CCC1N. The largest absolute Gasteiger partial charge is 0.377 e. The molecule has 2 N–H and O–H groups in total. The topological polar surface area (TPSA) is 38.5 Å². The van der Waals surface area contributed by atoms with Crippen molar-refractivity contribution in [1.82, 2.24) is 4.90 Å². The fourth-order valence-corrected chi connectivity index (χ4v) is 3.03. The van der Waals surface area contributed by atoms with E-state index in [1.165, 1.54) is 32.1 Å². The van der Waals surface area contributed by atoms with Crippen molar-refractivity contribution >= 4 is 0 Å². The van der Waals surface area contributed by atoms with Crippen LogP contribution in [-0.4, -0.2) is 43.3 Å². The van der Waals surface area contributed by atoms with Gasteiger partial charge in [0.15, 0.2) is 0 Å². The van der Waals surface area contributed by atoms with Crippen molar-refractivity contribution in [2.75, 3.05) is 26.2 Å². The molecule has 1 aliphatic heterocycles. The summed E-state index contributed by atoms with van der Waals surface area (Å²) in [4.78, 5) is 2.51. The summed E-state index contributed by atoms with van der Waals surface area (Å²) in [6, 6.07) is 0.408. The zero-order chi connectivity index (χ0) is 12.1. The van der Waals surface area contributed by atoms with Gasteiger partial charge in [0.1, 0.15) is 0 Å². The summed E-state index contributed by atoms with van der Waals surface area (Å²) in [7, 11) is 0. The molecule has 2 unspecified atom stereocenters. The van der Waals surface area contributed by atoms with Gasteiger partial charge in [0.2, 0.25) is 0 Å². The van der Waals surface area contributed by atoms with Crippen LogP contribution in [0.25, 0.3) is 0 Å². The molecule has 0 amide bonds. The molecule has 0 spiro atoms. The number of hydrogen-bond acceptors (Lipinski definition) is 3. The van der Waals surface area contributed by atoms with Crippen molar-refractivity contribution in [2.45, 2.75) is 57.6 Å². The number of piperidine rings is 1.